The summed E-state index contributed by atoms with van der Waals surface area (Å²) in [6.45, 7) is 1.57. The van der Waals surface area contributed by atoms with Gasteiger partial charge in [0.1, 0.15) is 0 Å². The minimum atomic E-state index is 0.116. The maximum absolute atomic E-state index is 13.0. The second kappa shape index (κ2) is 7.24. The summed E-state index contributed by atoms with van der Waals surface area (Å²) in [6, 6.07) is 20.1. The molecule has 28 heavy (non-hydrogen) atoms. The smallest absolute Gasteiger partial charge is 0.253 e. The summed E-state index contributed by atoms with van der Waals surface area (Å²) in [5.41, 5.74) is 2.87. The van der Waals surface area contributed by atoms with Crippen molar-refractivity contribution in [2.75, 3.05) is 13.1 Å². The lowest BCUT2D eigenvalue weighted by molar-refractivity contribution is 0.0707. The van der Waals surface area contributed by atoms with Crippen LogP contribution in [0.1, 0.15) is 34.1 Å². The van der Waals surface area contributed by atoms with Gasteiger partial charge in [-0.05, 0) is 61.4 Å². The topological polar surface area (TPSA) is 38.1 Å². The standard InChI is InChI=1S/C23H21N3OS/c27-23(17-9-11-19(12-10-17)25-13-3-4-14-25)26-15-5-6-18(16-26)22-24-20-7-1-2-8-21(20)28-22/h1-4,7-14,18H,5-6,15-16H2/t18-/m0/s1. The van der Waals surface area contributed by atoms with Crippen LogP contribution in [0.15, 0.2) is 73.1 Å². The third-order valence-corrected chi connectivity index (χ3v) is 6.58. The van der Waals surface area contributed by atoms with Crippen LogP contribution >= 0.6 is 11.3 Å². The van der Waals surface area contributed by atoms with Crippen molar-refractivity contribution >= 4 is 27.5 Å². The van der Waals surface area contributed by atoms with E-state index < -0.39 is 0 Å². The summed E-state index contributed by atoms with van der Waals surface area (Å²) in [5, 5.41) is 1.15. The van der Waals surface area contributed by atoms with Gasteiger partial charge < -0.3 is 9.47 Å². The van der Waals surface area contributed by atoms with Crippen molar-refractivity contribution in [2.45, 2.75) is 18.8 Å². The van der Waals surface area contributed by atoms with Crippen LogP contribution in [-0.2, 0) is 0 Å². The van der Waals surface area contributed by atoms with Crippen LogP contribution in [0.3, 0.4) is 0 Å². The molecule has 0 spiro atoms. The van der Waals surface area contributed by atoms with E-state index in [1.54, 1.807) is 11.3 Å². The summed E-state index contributed by atoms with van der Waals surface area (Å²) >= 11 is 1.76. The Morgan fingerprint density at radius 2 is 1.79 bits per heavy atom. The zero-order chi connectivity index (χ0) is 18.9. The number of piperidine rings is 1. The highest BCUT2D eigenvalue weighted by molar-refractivity contribution is 7.18. The largest absolute Gasteiger partial charge is 0.338 e. The van der Waals surface area contributed by atoms with Gasteiger partial charge in [0, 0.05) is 42.7 Å². The molecule has 4 nitrogen and oxygen atoms in total. The fourth-order valence-electron chi connectivity index (χ4n) is 3.89. The number of rotatable bonds is 3. The first-order valence-corrected chi connectivity index (χ1v) is 10.5. The van der Waals surface area contributed by atoms with Crippen LogP contribution in [0.5, 0.6) is 0 Å². The molecule has 2 aromatic carbocycles. The predicted octanol–water partition coefficient (Wildman–Crippen LogP) is 5.11. The highest BCUT2D eigenvalue weighted by atomic mass is 32.1. The van der Waals surface area contributed by atoms with Crippen LogP contribution in [-0.4, -0.2) is 33.4 Å². The van der Waals surface area contributed by atoms with Gasteiger partial charge in [0.15, 0.2) is 0 Å². The molecule has 1 atom stereocenters. The molecule has 0 N–H and O–H groups in total. The van der Waals surface area contributed by atoms with Gasteiger partial charge in [-0.3, -0.25) is 4.79 Å². The molecule has 1 aliphatic rings. The summed E-state index contributed by atoms with van der Waals surface area (Å²) in [5.74, 6) is 0.444. The van der Waals surface area contributed by atoms with Crippen LogP contribution in [0.2, 0.25) is 0 Å². The van der Waals surface area contributed by atoms with Crippen molar-refractivity contribution < 1.29 is 4.79 Å². The minimum absolute atomic E-state index is 0.116. The van der Waals surface area contributed by atoms with Crippen molar-refractivity contribution in [3.8, 4) is 5.69 Å². The Hall–Kier alpha value is -2.92. The summed E-state index contributed by atoms with van der Waals surface area (Å²) in [6.07, 6.45) is 6.12. The van der Waals surface area contributed by atoms with Crippen LogP contribution in [0, 0.1) is 0 Å². The molecule has 2 aromatic heterocycles. The van der Waals surface area contributed by atoms with Gasteiger partial charge in [0.05, 0.1) is 15.2 Å². The fraction of sp³-hybridized carbons (Fsp3) is 0.217. The van der Waals surface area contributed by atoms with Crippen LogP contribution < -0.4 is 0 Å². The number of carbonyl (C=O) groups excluding carboxylic acids is 1. The monoisotopic (exact) mass is 387 g/mol. The summed E-state index contributed by atoms with van der Waals surface area (Å²) < 4.78 is 3.26. The van der Waals surface area contributed by atoms with Crippen molar-refractivity contribution in [2.24, 2.45) is 0 Å². The predicted molar refractivity (Wildman–Crippen MR) is 113 cm³/mol. The number of likely N-dealkylation sites (tertiary alicyclic amines) is 1. The van der Waals surface area contributed by atoms with Gasteiger partial charge in [-0.2, -0.15) is 0 Å². The van der Waals surface area contributed by atoms with Gasteiger partial charge >= 0.3 is 0 Å². The van der Waals surface area contributed by atoms with E-state index >= 15 is 0 Å². The number of benzene rings is 2. The molecule has 1 fully saturated rings. The number of fused-ring (bicyclic) bond motifs is 1. The molecule has 3 heterocycles. The Labute approximate surface area is 168 Å². The van der Waals surface area contributed by atoms with Gasteiger partial charge in [0.25, 0.3) is 5.91 Å². The lowest BCUT2D eigenvalue weighted by atomic mass is 9.98. The normalized spacial score (nSPS) is 17.1. The number of para-hydroxylation sites is 1. The first kappa shape index (κ1) is 17.2. The highest BCUT2D eigenvalue weighted by Crippen LogP contribution is 2.33. The molecule has 1 aliphatic heterocycles. The van der Waals surface area contributed by atoms with E-state index in [4.69, 9.17) is 4.98 Å². The zero-order valence-electron chi connectivity index (χ0n) is 15.5. The van der Waals surface area contributed by atoms with E-state index in [2.05, 4.69) is 18.2 Å². The molecule has 0 unspecified atom stereocenters. The van der Waals surface area contributed by atoms with E-state index in [1.165, 1.54) is 4.70 Å². The van der Waals surface area contributed by atoms with Crippen molar-refractivity contribution in [1.29, 1.82) is 0 Å². The van der Waals surface area contributed by atoms with E-state index in [9.17, 15) is 4.79 Å². The molecule has 5 heteroatoms. The Morgan fingerprint density at radius 1 is 1.00 bits per heavy atom. The molecule has 4 aromatic rings. The van der Waals surface area contributed by atoms with E-state index in [1.807, 2.05) is 64.3 Å². The highest BCUT2D eigenvalue weighted by Gasteiger charge is 2.27. The second-order valence-corrected chi connectivity index (χ2v) is 8.31. The number of aromatic nitrogens is 2. The Balaban J connectivity index is 1.33. The summed E-state index contributed by atoms with van der Waals surface area (Å²) in [7, 11) is 0. The van der Waals surface area contributed by atoms with Crippen LogP contribution in [0.4, 0.5) is 0 Å². The average molecular weight is 388 g/mol. The number of hydrogen-bond acceptors (Lipinski definition) is 3. The third kappa shape index (κ3) is 3.22. The first-order chi connectivity index (χ1) is 13.8. The number of carbonyl (C=O) groups is 1. The SMILES string of the molecule is O=C(c1ccc(-n2cccc2)cc1)N1CCC[C@H](c2nc3ccccc3s2)C1. The van der Waals surface area contributed by atoms with Crippen molar-refractivity contribution in [3.63, 3.8) is 0 Å². The van der Waals surface area contributed by atoms with Crippen LogP contribution in [0.25, 0.3) is 15.9 Å². The lowest BCUT2D eigenvalue weighted by Gasteiger charge is -2.32. The zero-order valence-corrected chi connectivity index (χ0v) is 16.3. The molecular weight excluding hydrogens is 366 g/mol. The molecule has 1 saturated heterocycles. The number of nitrogens with zero attached hydrogens (tertiary/aromatic N) is 3. The summed E-state index contributed by atoms with van der Waals surface area (Å²) in [4.78, 5) is 19.9. The van der Waals surface area contributed by atoms with E-state index in [-0.39, 0.29) is 5.91 Å². The van der Waals surface area contributed by atoms with Crippen molar-refractivity contribution in [1.82, 2.24) is 14.5 Å². The van der Waals surface area contributed by atoms with E-state index in [0.717, 1.165) is 47.7 Å². The average Bonchev–Trinajstić information content (AvgIpc) is 3.43. The molecule has 0 radical (unpaired) electrons. The Bertz CT molecular complexity index is 1070. The number of amides is 1. The fourth-order valence-corrected chi connectivity index (χ4v) is 4.99. The molecule has 1 amide bonds. The maximum atomic E-state index is 13.0. The third-order valence-electron chi connectivity index (χ3n) is 5.39. The maximum Gasteiger partial charge on any atom is 0.253 e. The number of hydrogen-bond donors (Lipinski definition) is 0. The lowest BCUT2D eigenvalue weighted by Crippen LogP contribution is -2.39. The van der Waals surface area contributed by atoms with Gasteiger partial charge in [-0.25, -0.2) is 4.98 Å². The first-order valence-electron chi connectivity index (χ1n) is 9.66. The van der Waals surface area contributed by atoms with E-state index in [0.29, 0.717) is 5.92 Å². The van der Waals surface area contributed by atoms with Gasteiger partial charge in [0.2, 0.25) is 0 Å². The molecule has 140 valence electrons. The molecule has 0 aliphatic carbocycles. The number of thiazole rings is 1. The Morgan fingerprint density at radius 3 is 2.57 bits per heavy atom. The van der Waals surface area contributed by atoms with Gasteiger partial charge in [-0.15, -0.1) is 11.3 Å². The van der Waals surface area contributed by atoms with Crippen molar-refractivity contribution in [3.05, 3.63) is 83.6 Å². The molecule has 0 bridgehead atoms. The molecule has 0 saturated carbocycles. The quantitative estimate of drug-likeness (QED) is 0.490. The Kier molecular flexibility index (Phi) is 4.45. The second-order valence-electron chi connectivity index (χ2n) is 7.25. The molecule has 5 rings (SSSR count). The minimum Gasteiger partial charge on any atom is -0.338 e. The molecular formula is C23H21N3OS. The van der Waals surface area contributed by atoms with Gasteiger partial charge in [-0.1, -0.05) is 12.1 Å².